The van der Waals surface area contributed by atoms with Gasteiger partial charge in [-0.05, 0) is 12.8 Å². The molecule has 0 radical (unpaired) electrons. The minimum Gasteiger partial charge on any atom is -0.435 e. The van der Waals surface area contributed by atoms with Crippen LogP contribution in [0.25, 0.3) is 0 Å². The molecule has 13 heavy (non-hydrogen) atoms. The molecule has 0 aromatic rings. The average Bonchev–Trinajstić information content (AvgIpc) is 2.11. The van der Waals surface area contributed by atoms with Gasteiger partial charge in [0.25, 0.3) is 0 Å². The van der Waals surface area contributed by atoms with Crippen LogP contribution < -0.4 is 0 Å². The fourth-order valence-electron chi connectivity index (χ4n) is 1.32. The first-order valence-corrected chi connectivity index (χ1v) is 5.15. The van der Waals surface area contributed by atoms with E-state index in [4.69, 9.17) is 5.11 Å². The minimum absolute atomic E-state index is 0.182. The van der Waals surface area contributed by atoms with Crippen molar-refractivity contribution >= 4 is 6.09 Å². The first-order chi connectivity index (χ1) is 6.06. The molecule has 0 aliphatic heterocycles. The molecule has 3 heteroatoms. The molecule has 0 aliphatic rings. The summed E-state index contributed by atoms with van der Waals surface area (Å²) < 4.78 is 0.182. The molecule has 0 spiro atoms. The van der Waals surface area contributed by atoms with E-state index in [1.165, 1.54) is 0 Å². The summed E-state index contributed by atoms with van der Waals surface area (Å²) in [6.45, 7) is 5.69. The third kappa shape index (κ3) is 4.27. The molecule has 0 aromatic heterocycles. The molecular formula is C10H22NO2+. The van der Waals surface area contributed by atoms with Crippen LogP contribution in [0.15, 0.2) is 0 Å². The van der Waals surface area contributed by atoms with Crippen LogP contribution in [0.4, 0.5) is 4.79 Å². The van der Waals surface area contributed by atoms with E-state index in [1.54, 1.807) is 0 Å². The highest BCUT2D eigenvalue weighted by molar-refractivity contribution is 5.56. The second kappa shape index (κ2) is 5.97. The Labute approximate surface area is 80.9 Å². The summed E-state index contributed by atoms with van der Waals surface area (Å²) in [6.07, 6.45) is 3.42. The summed E-state index contributed by atoms with van der Waals surface area (Å²) in [4.78, 5) is 11.0. The molecule has 0 rings (SSSR count). The van der Waals surface area contributed by atoms with Gasteiger partial charge in [0.15, 0.2) is 0 Å². The van der Waals surface area contributed by atoms with E-state index in [1.807, 2.05) is 7.05 Å². The van der Waals surface area contributed by atoms with Crippen molar-refractivity contribution in [2.45, 2.75) is 39.5 Å². The van der Waals surface area contributed by atoms with Crippen molar-refractivity contribution in [3.05, 3.63) is 0 Å². The van der Waals surface area contributed by atoms with Gasteiger partial charge in [-0.25, -0.2) is 4.48 Å². The highest BCUT2D eigenvalue weighted by Gasteiger charge is 2.29. The molecule has 78 valence electrons. The van der Waals surface area contributed by atoms with E-state index in [-0.39, 0.29) is 4.48 Å². The Balaban J connectivity index is 4.08. The van der Waals surface area contributed by atoms with Crippen molar-refractivity contribution in [3.63, 3.8) is 0 Å². The lowest BCUT2D eigenvalue weighted by atomic mass is 10.2. The number of unbranched alkanes of at least 4 members (excludes halogenated alkanes) is 2. The Bertz CT molecular complexity index is 149. The smallest absolute Gasteiger partial charge is 0.435 e. The molecule has 0 unspecified atom stereocenters. The quantitative estimate of drug-likeness (QED) is 0.651. The van der Waals surface area contributed by atoms with Gasteiger partial charge in [-0.3, -0.25) is 0 Å². The molecule has 0 saturated carbocycles. The van der Waals surface area contributed by atoms with Crippen molar-refractivity contribution in [1.29, 1.82) is 0 Å². The van der Waals surface area contributed by atoms with E-state index < -0.39 is 6.09 Å². The number of carbonyl (C=O) groups is 1. The van der Waals surface area contributed by atoms with Gasteiger partial charge in [0, 0.05) is 0 Å². The van der Waals surface area contributed by atoms with Gasteiger partial charge in [-0.15, -0.1) is 0 Å². The average molecular weight is 188 g/mol. The number of carboxylic acid groups (broad SMARTS) is 1. The van der Waals surface area contributed by atoms with Crippen LogP contribution in [0.2, 0.25) is 0 Å². The van der Waals surface area contributed by atoms with Crippen LogP contribution in [-0.2, 0) is 0 Å². The maximum atomic E-state index is 11.0. The standard InChI is InChI=1S/C10H21NO2/c1-4-6-8-11(3,10(12)13)9-7-5-2/h4-9H2,1-3H3/p+1. The number of amides is 1. The third-order valence-corrected chi connectivity index (χ3v) is 2.47. The molecule has 3 nitrogen and oxygen atoms in total. The topological polar surface area (TPSA) is 37.3 Å². The van der Waals surface area contributed by atoms with Crippen molar-refractivity contribution in [3.8, 4) is 0 Å². The van der Waals surface area contributed by atoms with Gasteiger partial charge in [0.1, 0.15) is 0 Å². The number of rotatable bonds is 6. The van der Waals surface area contributed by atoms with Gasteiger partial charge in [-0.2, -0.15) is 4.79 Å². The lowest BCUT2D eigenvalue weighted by molar-refractivity contribution is -0.838. The van der Waals surface area contributed by atoms with Crippen LogP contribution in [0.5, 0.6) is 0 Å². The first kappa shape index (κ1) is 12.4. The van der Waals surface area contributed by atoms with E-state index >= 15 is 0 Å². The SMILES string of the molecule is CCCC[N+](C)(CCCC)C(=O)O. The summed E-state index contributed by atoms with van der Waals surface area (Å²) in [7, 11) is 1.81. The fourth-order valence-corrected chi connectivity index (χ4v) is 1.32. The summed E-state index contributed by atoms with van der Waals surface area (Å²) in [5, 5.41) is 9.06. The maximum Gasteiger partial charge on any atom is 0.513 e. The molecule has 0 aromatic carbocycles. The zero-order valence-electron chi connectivity index (χ0n) is 9.05. The highest BCUT2D eigenvalue weighted by Crippen LogP contribution is 2.09. The van der Waals surface area contributed by atoms with E-state index in [0.717, 1.165) is 38.8 Å². The summed E-state index contributed by atoms with van der Waals surface area (Å²) in [6, 6.07) is 0. The zero-order chi connectivity index (χ0) is 10.3. The molecule has 0 atom stereocenters. The van der Waals surface area contributed by atoms with Crippen molar-refractivity contribution in [1.82, 2.24) is 0 Å². The normalized spacial score (nSPS) is 11.6. The Morgan fingerprint density at radius 2 is 1.54 bits per heavy atom. The first-order valence-electron chi connectivity index (χ1n) is 5.15. The van der Waals surface area contributed by atoms with Gasteiger partial charge < -0.3 is 5.11 Å². The summed E-state index contributed by atoms with van der Waals surface area (Å²) in [5.74, 6) is 0. The largest absolute Gasteiger partial charge is 0.513 e. The molecule has 0 bridgehead atoms. The van der Waals surface area contributed by atoms with E-state index in [9.17, 15) is 4.79 Å². The molecule has 0 fully saturated rings. The number of hydrogen-bond donors (Lipinski definition) is 1. The molecule has 0 aliphatic carbocycles. The van der Waals surface area contributed by atoms with Crippen molar-refractivity contribution in [2.24, 2.45) is 0 Å². The van der Waals surface area contributed by atoms with Crippen LogP contribution in [0, 0.1) is 0 Å². The predicted molar refractivity (Wildman–Crippen MR) is 53.8 cm³/mol. The lowest BCUT2D eigenvalue weighted by Crippen LogP contribution is -2.49. The second-order valence-electron chi connectivity index (χ2n) is 3.83. The fraction of sp³-hybridized carbons (Fsp3) is 0.900. The van der Waals surface area contributed by atoms with Crippen LogP contribution in [-0.4, -0.2) is 35.8 Å². The van der Waals surface area contributed by atoms with E-state index in [2.05, 4.69) is 13.8 Å². The van der Waals surface area contributed by atoms with E-state index in [0.29, 0.717) is 0 Å². The molecule has 1 amide bonds. The van der Waals surface area contributed by atoms with Crippen LogP contribution in [0.1, 0.15) is 39.5 Å². The molecule has 0 saturated heterocycles. The summed E-state index contributed by atoms with van der Waals surface area (Å²) in [5.41, 5.74) is 0. The Hall–Kier alpha value is -0.570. The van der Waals surface area contributed by atoms with Crippen LogP contribution >= 0.6 is 0 Å². The van der Waals surface area contributed by atoms with Crippen LogP contribution in [0.3, 0.4) is 0 Å². The second-order valence-corrected chi connectivity index (χ2v) is 3.83. The highest BCUT2D eigenvalue weighted by atomic mass is 16.4. The van der Waals surface area contributed by atoms with Gasteiger partial charge in [0.05, 0.1) is 20.1 Å². The maximum absolute atomic E-state index is 11.0. The van der Waals surface area contributed by atoms with Gasteiger partial charge in [0.2, 0.25) is 0 Å². The zero-order valence-corrected chi connectivity index (χ0v) is 9.05. The Kier molecular flexibility index (Phi) is 5.71. The van der Waals surface area contributed by atoms with Gasteiger partial charge >= 0.3 is 6.09 Å². The number of quaternary nitrogens is 1. The predicted octanol–water partition coefficient (Wildman–Crippen LogP) is 2.71. The number of hydrogen-bond acceptors (Lipinski definition) is 1. The monoisotopic (exact) mass is 188 g/mol. The molecule has 0 heterocycles. The number of nitrogens with zero attached hydrogens (tertiary/aromatic N) is 1. The summed E-state index contributed by atoms with van der Waals surface area (Å²) >= 11 is 0. The lowest BCUT2D eigenvalue weighted by Gasteiger charge is -2.27. The Morgan fingerprint density at radius 1 is 1.15 bits per heavy atom. The van der Waals surface area contributed by atoms with Crippen molar-refractivity contribution < 1.29 is 14.4 Å². The van der Waals surface area contributed by atoms with Gasteiger partial charge in [-0.1, -0.05) is 26.7 Å². The van der Waals surface area contributed by atoms with Crippen molar-refractivity contribution in [2.75, 3.05) is 20.1 Å². The molecular weight excluding hydrogens is 166 g/mol. The Morgan fingerprint density at radius 3 is 1.77 bits per heavy atom. The third-order valence-electron chi connectivity index (χ3n) is 2.47. The minimum atomic E-state index is -0.693. The molecule has 1 N–H and O–H groups in total.